The van der Waals surface area contributed by atoms with Crippen LogP contribution in [-0.4, -0.2) is 76.2 Å². The maximum absolute atomic E-state index is 13.1. The minimum Gasteiger partial charge on any atom is -0.454 e. The molecule has 12 nitrogen and oxygen atoms in total. The molecule has 4 N–H and O–H groups in total. The molecule has 0 aliphatic carbocycles. The van der Waals surface area contributed by atoms with Crippen LogP contribution in [0.4, 0.5) is 0 Å². The largest absolute Gasteiger partial charge is 0.454 e. The summed E-state index contributed by atoms with van der Waals surface area (Å²) >= 11 is 0. The lowest BCUT2D eigenvalue weighted by Gasteiger charge is -2.36. The van der Waals surface area contributed by atoms with Crippen molar-refractivity contribution in [3.63, 3.8) is 0 Å². The fraction of sp³-hybridized carbons (Fsp3) is 0.600. The zero-order valence-electron chi connectivity index (χ0n) is 21.9. The van der Waals surface area contributed by atoms with Crippen molar-refractivity contribution in [2.24, 2.45) is 11.8 Å². The number of aromatic nitrogens is 2. The summed E-state index contributed by atoms with van der Waals surface area (Å²) in [7, 11) is 0. The maximum Gasteiger partial charge on any atom is 0.331 e. The fourth-order valence-corrected chi connectivity index (χ4v) is 3.78. The quantitative estimate of drug-likeness (QED) is 0.219. The summed E-state index contributed by atoms with van der Waals surface area (Å²) in [4.78, 5) is 69.1. The molecule has 1 aromatic rings. The van der Waals surface area contributed by atoms with Gasteiger partial charge in [0.2, 0.25) is 17.7 Å². The molecule has 0 unspecified atom stereocenters. The smallest absolute Gasteiger partial charge is 0.331 e. The molecular formula is C25H38N6O6. The van der Waals surface area contributed by atoms with E-state index in [1.807, 2.05) is 13.8 Å². The summed E-state index contributed by atoms with van der Waals surface area (Å²) in [6.45, 7) is 7.61. The molecule has 12 heteroatoms. The van der Waals surface area contributed by atoms with Crippen LogP contribution in [0.1, 0.15) is 59.1 Å². The van der Waals surface area contributed by atoms with Gasteiger partial charge in [-0.2, -0.15) is 0 Å². The number of hydrogen-bond acceptors (Lipinski definition) is 8. The molecule has 2 heterocycles. The van der Waals surface area contributed by atoms with E-state index in [-0.39, 0.29) is 36.6 Å². The molecule has 0 aromatic carbocycles. The van der Waals surface area contributed by atoms with Gasteiger partial charge in [-0.3, -0.25) is 24.2 Å². The Morgan fingerprint density at radius 2 is 1.97 bits per heavy atom. The molecule has 1 aliphatic rings. The third-order valence-electron chi connectivity index (χ3n) is 5.66. The van der Waals surface area contributed by atoms with Crippen LogP contribution in [-0.2, 0) is 28.7 Å². The van der Waals surface area contributed by atoms with Crippen LogP contribution in [0.25, 0.3) is 6.08 Å². The number of hydrogen-bond donors (Lipinski definition) is 4. The Labute approximate surface area is 216 Å². The lowest BCUT2D eigenvalue weighted by atomic mass is 9.98. The van der Waals surface area contributed by atoms with Gasteiger partial charge < -0.3 is 20.4 Å². The van der Waals surface area contributed by atoms with Crippen LogP contribution in [0.2, 0.25) is 0 Å². The standard InChI is InChI=1S/C25H38N6O6/c1-16(2)12-21(33)27-11-9-22(34)31-19(6-5-10-29-31)25(36)30-24(17(3)4)20(32)14-37-23(35)8-7-18-13-26-15-28-18/h7-8,13,15-17,19,24,29H,5-6,9-12,14H2,1-4H3,(H,26,28)(H,27,33)(H,30,36)/t19-,24-/m0/s1. The lowest BCUT2D eigenvalue weighted by Crippen LogP contribution is -2.61. The molecule has 204 valence electrons. The number of nitrogens with one attached hydrogen (secondary N) is 4. The maximum atomic E-state index is 13.1. The van der Waals surface area contributed by atoms with Crippen molar-refractivity contribution >= 4 is 35.6 Å². The molecule has 1 saturated heterocycles. The number of esters is 1. The molecule has 3 amide bonds. The predicted octanol–water partition coefficient (Wildman–Crippen LogP) is 0.724. The second-order valence-corrected chi connectivity index (χ2v) is 9.67. The zero-order valence-corrected chi connectivity index (χ0v) is 21.9. The summed E-state index contributed by atoms with van der Waals surface area (Å²) in [5, 5.41) is 6.74. The van der Waals surface area contributed by atoms with Crippen molar-refractivity contribution in [2.75, 3.05) is 19.7 Å². The number of nitrogens with zero attached hydrogens (tertiary/aromatic N) is 2. The highest BCUT2D eigenvalue weighted by Gasteiger charge is 2.35. The number of carbonyl (C=O) groups excluding carboxylic acids is 5. The summed E-state index contributed by atoms with van der Waals surface area (Å²) < 4.78 is 5.03. The van der Waals surface area contributed by atoms with Crippen molar-refractivity contribution in [2.45, 2.75) is 65.5 Å². The number of aromatic amines is 1. The summed E-state index contributed by atoms with van der Waals surface area (Å²) in [5.41, 5.74) is 3.56. The Morgan fingerprint density at radius 1 is 1.22 bits per heavy atom. The van der Waals surface area contributed by atoms with Crippen LogP contribution < -0.4 is 16.1 Å². The van der Waals surface area contributed by atoms with Crippen LogP contribution in [0.15, 0.2) is 18.6 Å². The van der Waals surface area contributed by atoms with Gasteiger partial charge in [-0.1, -0.05) is 27.7 Å². The molecule has 0 saturated carbocycles. The molecule has 2 atom stereocenters. The van der Waals surface area contributed by atoms with E-state index in [4.69, 9.17) is 4.74 Å². The lowest BCUT2D eigenvalue weighted by molar-refractivity contribution is -0.148. The van der Waals surface area contributed by atoms with Gasteiger partial charge in [0.15, 0.2) is 12.4 Å². The van der Waals surface area contributed by atoms with Gasteiger partial charge in [0.05, 0.1) is 24.3 Å². The first-order valence-corrected chi connectivity index (χ1v) is 12.6. The van der Waals surface area contributed by atoms with Crippen molar-refractivity contribution in [3.8, 4) is 0 Å². The normalized spacial score (nSPS) is 16.6. The molecule has 1 aliphatic heterocycles. The number of imidazole rings is 1. The minimum atomic E-state index is -0.897. The third kappa shape index (κ3) is 10.2. The third-order valence-corrected chi connectivity index (χ3v) is 5.66. The highest BCUT2D eigenvalue weighted by Crippen LogP contribution is 2.14. The first-order valence-electron chi connectivity index (χ1n) is 12.6. The second kappa shape index (κ2) is 14.9. The van der Waals surface area contributed by atoms with Gasteiger partial charge in [0.25, 0.3) is 0 Å². The summed E-state index contributed by atoms with van der Waals surface area (Å²) in [6.07, 6.45) is 7.15. The number of ether oxygens (including phenoxy) is 1. The molecule has 37 heavy (non-hydrogen) atoms. The van der Waals surface area contributed by atoms with E-state index in [0.717, 1.165) is 0 Å². The van der Waals surface area contributed by atoms with Gasteiger partial charge in [0.1, 0.15) is 6.04 Å². The van der Waals surface area contributed by atoms with E-state index in [9.17, 15) is 24.0 Å². The van der Waals surface area contributed by atoms with Gasteiger partial charge in [-0.25, -0.2) is 15.2 Å². The van der Waals surface area contributed by atoms with Crippen LogP contribution >= 0.6 is 0 Å². The van der Waals surface area contributed by atoms with E-state index >= 15 is 0 Å². The van der Waals surface area contributed by atoms with Crippen molar-refractivity contribution in [3.05, 3.63) is 24.3 Å². The number of rotatable bonds is 13. The van der Waals surface area contributed by atoms with Gasteiger partial charge >= 0.3 is 5.97 Å². The van der Waals surface area contributed by atoms with Crippen molar-refractivity contribution < 1.29 is 28.7 Å². The van der Waals surface area contributed by atoms with E-state index in [0.29, 0.717) is 31.5 Å². The number of hydrazine groups is 1. The summed E-state index contributed by atoms with van der Waals surface area (Å²) in [6, 6.07) is -1.70. The number of ketones is 1. The topological polar surface area (TPSA) is 163 Å². The Bertz CT molecular complexity index is 959. The first kappa shape index (κ1) is 29.7. The zero-order chi connectivity index (χ0) is 27.4. The highest BCUT2D eigenvalue weighted by molar-refractivity contribution is 5.95. The molecule has 2 rings (SSSR count). The second-order valence-electron chi connectivity index (χ2n) is 9.67. The SMILES string of the molecule is CC(C)CC(=O)NCCC(=O)N1NCCC[C@H]1C(=O)N[C@H](C(=O)COC(=O)C=Cc1cnc[nH]1)C(C)C. The number of carbonyl (C=O) groups is 5. The number of H-pyrrole nitrogens is 1. The average molecular weight is 519 g/mol. The predicted molar refractivity (Wildman–Crippen MR) is 135 cm³/mol. The van der Waals surface area contributed by atoms with E-state index in [1.165, 1.54) is 29.7 Å². The van der Waals surface area contributed by atoms with E-state index in [2.05, 4.69) is 26.0 Å². The Hall–Kier alpha value is -3.54. The van der Waals surface area contributed by atoms with E-state index in [1.54, 1.807) is 13.8 Å². The van der Waals surface area contributed by atoms with Crippen LogP contribution in [0.5, 0.6) is 0 Å². The minimum absolute atomic E-state index is 0.0369. The molecule has 1 fully saturated rings. The molecule has 1 aromatic heterocycles. The monoisotopic (exact) mass is 518 g/mol. The van der Waals surface area contributed by atoms with Gasteiger partial charge in [-0.15, -0.1) is 0 Å². The van der Waals surface area contributed by atoms with Gasteiger partial charge in [-0.05, 0) is 30.8 Å². The summed E-state index contributed by atoms with van der Waals surface area (Å²) in [5.74, 6) is -2.14. The molecule has 0 radical (unpaired) electrons. The Morgan fingerprint density at radius 3 is 2.62 bits per heavy atom. The highest BCUT2D eigenvalue weighted by atomic mass is 16.5. The average Bonchev–Trinajstić information content (AvgIpc) is 3.37. The molecule has 0 spiro atoms. The van der Waals surface area contributed by atoms with Gasteiger partial charge in [0, 0.05) is 32.0 Å². The number of amides is 3. The molecule has 0 bridgehead atoms. The number of Topliss-reactive ketones (excluding diaryl/α,β-unsaturated/α-hetero) is 1. The Kier molecular flexibility index (Phi) is 11.9. The van der Waals surface area contributed by atoms with E-state index < -0.39 is 36.4 Å². The first-order chi connectivity index (χ1) is 17.6. The van der Waals surface area contributed by atoms with Crippen molar-refractivity contribution in [1.29, 1.82) is 0 Å². The fourth-order valence-electron chi connectivity index (χ4n) is 3.78. The van der Waals surface area contributed by atoms with Crippen molar-refractivity contribution in [1.82, 2.24) is 31.0 Å². The Balaban J connectivity index is 1.90. The molecular weight excluding hydrogens is 480 g/mol. The van der Waals surface area contributed by atoms with Crippen LogP contribution in [0.3, 0.4) is 0 Å². The van der Waals surface area contributed by atoms with Crippen LogP contribution in [0, 0.1) is 11.8 Å².